The quantitative estimate of drug-likeness (QED) is 0.335. The summed E-state index contributed by atoms with van der Waals surface area (Å²) < 4.78 is 7.34. The fourth-order valence-corrected chi connectivity index (χ4v) is 7.68. The number of carbonyl (C=O) groups is 2. The van der Waals surface area contributed by atoms with Crippen molar-refractivity contribution in [1.82, 2.24) is 14.7 Å². The maximum atomic E-state index is 13.9. The van der Waals surface area contributed by atoms with Gasteiger partial charge in [-0.15, -0.1) is 23.1 Å². The molecular formula is C30H30N4O3S2. The van der Waals surface area contributed by atoms with Crippen molar-refractivity contribution in [2.75, 3.05) is 43.5 Å². The third-order valence-electron chi connectivity index (χ3n) is 7.28. The Bertz CT molecular complexity index is 1510. The summed E-state index contributed by atoms with van der Waals surface area (Å²) in [6.07, 6.45) is 0. The Morgan fingerprint density at radius 3 is 2.46 bits per heavy atom. The lowest BCUT2D eigenvalue weighted by atomic mass is 10.0. The SMILES string of the molecule is Cc1ccccc1-n1nc(-c2ccccc2)c2c1N(CC(=O)N1CCOCC1)C(=O)CS[C@@H]2c1sccc1C. The van der Waals surface area contributed by atoms with E-state index in [1.807, 2.05) is 54.1 Å². The van der Waals surface area contributed by atoms with E-state index in [9.17, 15) is 9.59 Å². The van der Waals surface area contributed by atoms with Gasteiger partial charge in [-0.2, -0.15) is 5.10 Å². The summed E-state index contributed by atoms with van der Waals surface area (Å²) in [5, 5.41) is 7.20. The second kappa shape index (κ2) is 11.0. The number of hydrogen-bond acceptors (Lipinski definition) is 6. The fraction of sp³-hybridized carbons (Fsp3) is 0.300. The van der Waals surface area contributed by atoms with Gasteiger partial charge in [0.25, 0.3) is 0 Å². The Labute approximate surface area is 236 Å². The molecule has 0 N–H and O–H groups in total. The first-order valence-electron chi connectivity index (χ1n) is 13.1. The van der Waals surface area contributed by atoms with Crippen molar-refractivity contribution in [2.45, 2.75) is 19.1 Å². The van der Waals surface area contributed by atoms with Gasteiger partial charge >= 0.3 is 0 Å². The molecule has 4 aromatic rings. The molecule has 7 nitrogen and oxygen atoms in total. The van der Waals surface area contributed by atoms with Gasteiger partial charge in [-0.25, -0.2) is 4.68 Å². The molecule has 200 valence electrons. The van der Waals surface area contributed by atoms with Crippen LogP contribution in [0.2, 0.25) is 0 Å². The molecule has 39 heavy (non-hydrogen) atoms. The largest absolute Gasteiger partial charge is 0.378 e. The van der Waals surface area contributed by atoms with Crippen LogP contribution in [-0.4, -0.2) is 65.1 Å². The van der Waals surface area contributed by atoms with Gasteiger partial charge < -0.3 is 9.64 Å². The number of anilines is 1. The van der Waals surface area contributed by atoms with Crippen molar-refractivity contribution in [3.8, 4) is 16.9 Å². The van der Waals surface area contributed by atoms with Crippen LogP contribution in [0.3, 0.4) is 0 Å². The third-order valence-corrected chi connectivity index (χ3v) is 9.73. The predicted octanol–water partition coefficient (Wildman–Crippen LogP) is 5.25. The normalized spacial score (nSPS) is 17.7. The number of rotatable bonds is 5. The molecule has 2 aliphatic heterocycles. The van der Waals surface area contributed by atoms with Crippen LogP contribution in [-0.2, 0) is 14.3 Å². The maximum Gasteiger partial charge on any atom is 0.242 e. The first kappa shape index (κ1) is 25.9. The minimum atomic E-state index is -0.0968. The highest BCUT2D eigenvalue weighted by atomic mass is 32.2. The van der Waals surface area contributed by atoms with Crippen molar-refractivity contribution in [1.29, 1.82) is 0 Å². The Morgan fingerprint density at radius 2 is 1.74 bits per heavy atom. The fourth-order valence-electron chi connectivity index (χ4n) is 5.21. The summed E-state index contributed by atoms with van der Waals surface area (Å²) in [6, 6.07) is 20.3. The Kier molecular flexibility index (Phi) is 7.29. The topological polar surface area (TPSA) is 67.7 Å². The number of nitrogens with zero attached hydrogens (tertiary/aromatic N) is 4. The van der Waals surface area contributed by atoms with Gasteiger partial charge in [-0.05, 0) is 42.5 Å². The smallest absolute Gasteiger partial charge is 0.242 e. The predicted molar refractivity (Wildman–Crippen MR) is 157 cm³/mol. The van der Waals surface area contributed by atoms with Gasteiger partial charge in [0.15, 0.2) is 0 Å². The zero-order chi connectivity index (χ0) is 26.9. The molecule has 0 saturated carbocycles. The summed E-state index contributed by atoms with van der Waals surface area (Å²) in [5.41, 5.74) is 5.90. The highest BCUT2D eigenvalue weighted by Gasteiger charge is 2.39. The molecule has 2 aromatic carbocycles. The van der Waals surface area contributed by atoms with Crippen molar-refractivity contribution in [2.24, 2.45) is 0 Å². The van der Waals surface area contributed by atoms with Gasteiger partial charge in [0, 0.05) is 29.1 Å². The van der Waals surface area contributed by atoms with Crippen LogP contribution in [0, 0.1) is 13.8 Å². The summed E-state index contributed by atoms with van der Waals surface area (Å²) in [4.78, 5) is 32.1. The Balaban J connectivity index is 1.60. The number of amides is 2. The van der Waals surface area contributed by atoms with Gasteiger partial charge in [0.2, 0.25) is 11.8 Å². The number of morpholine rings is 1. The highest BCUT2D eigenvalue weighted by Crippen LogP contribution is 2.50. The summed E-state index contributed by atoms with van der Waals surface area (Å²) in [7, 11) is 0. The minimum Gasteiger partial charge on any atom is -0.378 e. The number of para-hydroxylation sites is 1. The van der Waals surface area contributed by atoms with E-state index in [4.69, 9.17) is 9.84 Å². The lowest BCUT2D eigenvalue weighted by Gasteiger charge is -2.30. The number of thiophene rings is 1. The molecule has 9 heteroatoms. The van der Waals surface area contributed by atoms with Crippen molar-refractivity contribution in [3.05, 3.63) is 87.6 Å². The standard InChI is InChI=1S/C30H30N4O3S2/c1-20-8-6-7-11-23(20)34-30-26(27(31-34)22-9-4-3-5-10-22)29(28-21(2)12-17-38-28)39-19-25(36)33(30)18-24(35)32-13-15-37-16-14-32/h3-12,17,29H,13-16,18-19H2,1-2H3/t29-/m0/s1. The number of aryl methyl sites for hydroxylation is 2. The number of carbonyl (C=O) groups excluding carboxylic acids is 2. The maximum absolute atomic E-state index is 13.9. The molecule has 1 fully saturated rings. The molecule has 2 amide bonds. The van der Waals surface area contributed by atoms with Crippen LogP contribution >= 0.6 is 23.1 Å². The molecule has 6 rings (SSSR count). The number of thioether (sulfide) groups is 1. The Morgan fingerprint density at radius 1 is 1.00 bits per heavy atom. The minimum absolute atomic E-state index is 0.0334. The van der Waals surface area contributed by atoms with E-state index >= 15 is 0 Å². The van der Waals surface area contributed by atoms with Crippen molar-refractivity contribution >= 4 is 40.7 Å². The van der Waals surface area contributed by atoms with E-state index in [0.717, 1.165) is 28.1 Å². The van der Waals surface area contributed by atoms with E-state index < -0.39 is 0 Å². The highest BCUT2D eigenvalue weighted by molar-refractivity contribution is 8.00. The molecule has 0 bridgehead atoms. The van der Waals surface area contributed by atoms with Crippen LogP contribution in [0.15, 0.2) is 66.0 Å². The molecule has 0 aliphatic carbocycles. The second-order valence-corrected chi connectivity index (χ2v) is 11.8. The number of fused-ring (bicyclic) bond motifs is 1. The molecule has 1 saturated heterocycles. The summed E-state index contributed by atoms with van der Waals surface area (Å²) in [6.45, 7) is 6.22. The average Bonchev–Trinajstić information content (AvgIpc) is 3.53. The van der Waals surface area contributed by atoms with Gasteiger partial charge in [-0.3, -0.25) is 14.5 Å². The van der Waals surface area contributed by atoms with Crippen LogP contribution in [0.4, 0.5) is 5.82 Å². The van der Waals surface area contributed by atoms with Crippen molar-refractivity contribution < 1.29 is 14.3 Å². The number of aromatic nitrogens is 2. The van der Waals surface area contributed by atoms with Gasteiger partial charge in [-0.1, -0.05) is 48.5 Å². The van der Waals surface area contributed by atoms with Gasteiger partial charge in [0.1, 0.15) is 12.4 Å². The zero-order valence-electron chi connectivity index (χ0n) is 22.0. The van der Waals surface area contributed by atoms with Crippen LogP contribution in [0.5, 0.6) is 0 Å². The van der Waals surface area contributed by atoms with E-state index in [1.54, 1.807) is 32.9 Å². The number of hydrogen-bond donors (Lipinski definition) is 0. The van der Waals surface area contributed by atoms with Crippen LogP contribution in [0.1, 0.15) is 26.8 Å². The summed E-state index contributed by atoms with van der Waals surface area (Å²) >= 11 is 3.32. The molecule has 2 aliphatic rings. The Hall–Kier alpha value is -3.40. The summed E-state index contributed by atoms with van der Waals surface area (Å²) in [5.74, 6) is 0.786. The molecule has 2 aromatic heterocycles. The van der Waals surface area contributed by atoms with E-state index in [1.165, 1.54) is 10.4 Å². The average molecular weight is 559 g/mol. The van der Waals surface area contributed by atoms with E-state index in [0.29, 0.717) is 32.1 Å². The van der Waals surface area contributed by atoms with Crippen molar-refractivity contribution in [3.63, 3.8) is 0 Å². The zero-order valence-corrected chi connectivity index (χ0v) is 23.6. The molecule has 1 atom stereocenters. The third kappa shape index (κ3) is 4.90. The number of ether oxygens (including phenoxy) is 1. The molecule has 4 heterocycles. The van der Waals surface area contributed by atoms with Gasteiger partial charge in [0.05, 0.1) is 35.6 Å². The lowest BCUT2D eigenvalue weighted by Crippen LogP contribution is -2.48. The number of benzene rings is 2. The van der Waals surface area contributed by atoms with Crippen LogP contribution < -0.4 is 4.90 Å². The second-order valence-electron chi connectivity index (χ2n) is 9.78. The van der Waals surface area contributed by atoms with E-state index in [-0.39, 0.29) is 29.4 Å². The molecule has 0 radical (unpaired) electrons. The lowest BCUT2D eigenvalue weighted by molar-refractivity contribution is -0.134. The first-order valence-corrected chi connectivity index (χ1v) is 15.0. The monoisotopic (exact) mass is 558 g/mol. The van der Waals surface area contributed by atoms with Crippen LogP contribution in [0.25, 0.3) is 16.9 Å². The van der Waals surface area contributed by atoms with E-state index in [2.05, 4.69) is 30.5 Å². The molecule has 0 spiro atoms. The first-order chi connectivity index (χ1) is 19.0. The molecule has 0 unspecified atom stereocenters. The molecular weight excluding hydrogens is 528 g/mol.